The van der Waals surface area contributed by atoms with Crippen molar-refractivity contribution in [2.45, 2.75) is 26.2 Å². The quantitative estimate of drug-likeness (QED) is 0.639. The number of methoxy groups -OCH3 is 1. The minimum Gasteiger partial charge on any atom is -0.496 e. The molecule has 1 aliphatic heterocycles. The average molecular weight is 438 g/mol. The largest absolute Gasteiger partial charge is 0.496 e. The van der Waals surface area contributed by atoms with Gasteiger partial charge in [0, 0.05) is 43.2 Å². The summed E-state index contributed by atoms with van der Waals surface area (Å²) in [5.41, 5.74) is 3.38. The fourth-order valence-corrected chi connectivity index (χ4v) is 3.75. The highest BCUT2D eigenvalue weighted by Crippen LogP contribution is 2.31. The Labute approximate surface area is 188 Å². The van der Waals surface area contributed by atoms with Crippen LogP contribution >= 0.6 is 0 Å². The third-order valence-electron chi connectivity index (χ3n) is 5.63. The molecule has 1 saturated heterocycles. The second-order valence-corrected chi connectivity index (χ2v) is 8.99. The van der Waals surface area contributed by atoms with E-state index in [1.807, 2.05) is 30.3 Å². The molecule has 3 heterocycles. The number of carbonyl (C=O) groups is 1. The minimum absolute atomic E-state index is 0.147. The van der Waals surface area contributed by atoms with E-state index in [1.54, 1.807) is 17.7 Å². The highest BCUT2D eigenvalue weighted by molar-refractivity contribution is 5.94. The van der Waals surface area contributed by atoms with E-state index in [2.05, 4.69) is 36.0 Å². The van der Waals surface area contributed by atoms with Crippen molar-refractivity contribution < 1.29 is 14.3 Å². The van der Waals surface area contributed by atoms with Crippen LogP contribution in [0.4, 0.5) is 0 Å². The summed E-state index contributed by atoms with van der Waals surface area (Å²) in [6, 6.07) is 11.5. The monoisotopic (exact) mass is 437 g/mol. The van der Waals surface area contributed by atoms with Crippen LogP contribution < -0.4 is 10.1 Å². The van der Waals surface area contributed by atoms with Crippen LogP contribution in [0.25, 0.3) is 16.9 Å². The zero-order chi connectivity index (χ0) is 22.7. The number of morpholine rings is 1. The van der Waals surface area contributed by atoms with Gasteiger partial charge in [0.15, 0.2) is 5.65 Å². The molecule has 32 heavy (non-hydrogen) atoms. The van der Waals surface area contributed by atoms with Crippen LogP contribution in [-0.2, 0) is 10.2 Å². The molecule has 1 N–H and O–H groups in total. The van der Waals surface area contributed by atoms with Crippen LogP contribution in [0.1, 0.15) is 37.0 Å². The number of nitrogens with zero attached hydrogens (tertiary/aromatic N) is 4. The van der Waals surface area contributed by atoms with Crippen molar-refractivity contribution >= 4 is 11.6 Å². The first-order valence-corrected chi connectivity index (χ1v) is 11.0. The number of ether oxygens (including phenoxy) is 2. The van der Waals surface area contributed by atoms with Gasteiger partial charge in [-0.1, -0.05) is 32.9 Å². The summed E-state index contributed by atoms with van der Waals surface area (Å²) in [5.74, 6) is 0.516. The van der Waals surface area contributed by atoms with Gasteiger partial charge in [0.05, 0.1) is 31.7 Å². The summed E-state index contributed by atoms with van der Waals surface area (Å²) in [7, 11) is 1.64. The lowest BCUT2D eigenvalue weighted by Crippen LogP contribution is -2.41. The highest BCUT2D eigenvalue weighted by Gasteiger charge is 2.22. The molecule has 170 valence electrons. The van der Waals surface area contributed by atoms with E-state index in [9.17, 15) is 4.79 Å². The molecule has 3 aromatic rings. The molecule has 8 heteroatoms. The Hall–Kier alpha value is -2.97. The van der Waals surface area contributed by atoms with Gasteiger partial charge in [-0.25, -0.2) is 9.50 Å². The fraction of sp³-hybridized carbons (Fsp3) is 0.458. The van der Waals surface area contributed by atoms with Gasteiger partial charge in [0.25, 0.3) is 5.91 Å². The lowest BCUT2D eigenvalue weighted by Gasteiger charge is -2.26. The van der Waals surface area contributed by atoms with Gasteiger partial charge >= 0.3 is 0 Å². The Morgan fingerprint density at radius 1 is 1.19 bits per heavy atom. The van der Waals surface area contributed by atoms with Crippen molar-refractivity contribution in [2.24, 2.45) is 0 Å². The molecule has 0 unspecified atom stereocenters. The number of carbonyl (C=O) groups excluding carboxylic acids is 1. The predicted octanol–water partition coefficient (Wildman–Crippen LogP) is 2.76. The molecule has 0 saturated carbocycles. The zero-order valence-electron chi connectivity index (χ0n) is 19.2. The number of para-hydroxylation sites is 1. The molecule has 0 spiro atoms. The number of fused-ring (bicyclic) bond motifs is 1. The van der Waals surface area contributed by atoms with Crippen molar-refractivity contribution in [2.75, 3.05) is 46.5 Å². The number of aromatic nitrogens is 3. The highest BCUT2D eigenvalue weighted by atomic mass is 16.5. The smallest absolute Gasteiger partial charge is 0.270 e. The second-order valence-electron chi connectivity index (χ2n) is 8.99. The number of benzene rings is 1. The van der Waals surface area contributed by atoms with Gasteiger partial charge in [-0.15, -0.1) is 0 Å². The van der Waals surface area contributed by atoms with E-state index < -0.39 is 0 Å². The van der Waals surface area contributed by atoms with Gasteiger partial charge in [-0.05, 0) is 18.2 Å². The Bertz CT molecular complexity index is 1100. The van der Waals surface area contributed by atoms with E-state index in [1.165, 1.54) is 0 Å². The molecule has 1 amide bonds. The number of hydrogen-bond donors (Lipinski definition) is 1. The lowest BCUT2D eigenvalue weighted by atomic mass is 9.93. The summed E-state index contributed by atoms with van der Waals surface area (Å²) >= 11 is 0. The third kappa shape index (κ3) is 4.76. The molecule has 0 atom stereocenters. The number of amides is 1. The van der Waals surface area contributed by atoms with E-state index in [-0.39, 0.29) is 11.3 Å². The summed E-state index contributed by atoms with van der Waals surface area (Å²) in [6.45, 7) is 10.9. The molecule has 0 bridgehead atoms. The van der Waals surface area contributed by atoms with Gasteiger partial charge in [-0.3, -0.25) is 9.69 Å². The molecule has 1 fully saturated rings. The van der Waals surface area contributed by atoms with Crippen LogP contribution in [0.5, 0.6) is 5.75 Å². The third-order valence-corrected chi connectivity index (χ3v) is 5.63. The molecule has 0 radical (unpaired) electrons. The van der Waals surface area contributed by atoms with Gasteiger partial charge < -0.3 is 14.8 Å². The maximum Gasteiger partial charge on any atom is 0.270 e. The van der Waals surface area contributed by atoms with E-state index in [0.29, 0.717) is 23.6 Å². The summed E-state index contributed by atoms with van der Waals surface area (Å²) < 4.78 is 12.8. The maximum absolute atomic E-state index is 13.0. The Morgan fingerprint density at radius 2 is 1.94 bits per heavy atom. The lowest BCUT2D eigenvalue weighted by molar-refractivity contribution is 0.0383. The topological polar surface area (TPSA) is 81.0 Å². The van der Waals surface area contributed by atoms with Crippen LogP contribution in [0.15, 0.2) is 36.4 Å². The molecule has 2 aromatic heterocycles. The molecule has 1 aromatic carbocycles. The summed E-state index contributed by atoms with van der Waals surface area (Å²) in [4.78, 5) is 19.9. The predicted molar refractivity (Wildman–Crippen MR) is 123 cm³/mol. The molecule has 8 nitrogen and oxygen atoms in total. The van der Waals surface area contributed by atoms with Gasteiger partial charge in [0.2, 0.25) is 0 Å². The Morgan fingerprint density at radius 3 is 2.66 bits per heavy atom. The van der Waals surface area contributed by atoms with E-state index in [4.69, 9.17) is 14.6 Å². The normalized spacial score (nSPS) is 15.1. The molecular formula is C24H31N5O3. The molecule has 4 rings (SSSR count). The van der Waals surface area contributed by atoms with Crippen molar-refractivity contribution in [3.8, 4) is 17.0 Å². The van der Waals surface area contributed by atoms with Crippen molar-refractivity contribution in [1.82, 2.24) is 24.8 Å². The number of nitrogens with one attached hydrogen (secondary N) is 1. The van der Waals surface area contributed by atoms with Gasteiger partial charge in [0.1, 0.15) is 11.4 Å². The average Bonchev–Trinajstić information content (AvgIpc) is 3.24. The minimum atomic E-state index is -0.199. The van der Waals surface area contributed by atoms with Crippen LogP contribution in [-0.4, -0.2) is 71.9 Å². The molecule has 0 aliphatic carbocycles. The Balaban J connectivity index is 1.67. The first kappa shape index (κ1) is 22.2. The van der Waals surface area contributed by atoms with Crippen molar-refractivity contribution in [3.63, 3.8) is 0 Å². The van der Waals surface area contributed by atoms with Crippen molar-refractivity contribution in [3.05, 3.63) is 47.8 Å². The second kappa shape index (κ2) is 9.26. The van der Waals surface area contributed by atoms with Gasteiger partial charge in [-0.2, -0.15) is 5.10 Å². The molecule has 1 aliphatic rings. The van der Waals surface area contributed by atoms with E-state index in [0.717, 1.165) is 49.8 Å². The maximum atomic E-state index is 13.0. The summed E-state index contributed by atoms with van der Waals surface area (Å²) in [6.07, 6.45) is 0. The SMILES string of the molecule is COc1ccccc1-c1cc(C(=O)NCCN2CCOCC2)nc2cc(C(C)(C)C)nn12. The van der Waals surface area contributed by atoms with Crippen molar-refractivity contribution in [1.29, 1.82) is 0 Å². The summed E-state index contributed by atoms with van der Waals surface area (Å²) in [5, 5.41) is 7.82. The van der Waals surface area contributed by atoms with Crippen LogP contribution in [0.2, 0.25) is 0 Å². The zero-order valence-corrected chi connectivity index (χ0v) is 19.2. The van der Waals surface area contributed by atoms with E-state index >= 15 is 0 Å². The number of hydrogen-bond acceptors (Lipinski definition) is 6. The standard InChI is InChI=1S/C24H31N5O3/c1-24(2,3)21-16-22-26-18(23(30)25-9-10-28-11-13-32-14-12-28)15-19(29(22)27-21)17-7-5-6-8-20(17)31-4/h5-8,15-16H,9-14H2,1-4H3,(H,25,30). The van der Waals surface area contributed by atoms with Crippen LogP contribution in [0, 0.1) is 0 Å². The molecular weight excluding hydrogens is 406 g/mol. The Kier molecular flexibility index (Phi) is 6.43. The fourth-order valence-electron chi connectivity index (χ4n) is 3.75. The van der Waals surface area contributed by atoms with Crippen LogP contribution in [0.3, 0.4) is 0 Å². The number of rotatable bonds is 6. The first-order valence-electron chi connectivity index (χ1n) is 11.0. The first-order chi connectivity index (χ1) is 15.4.